The van der Waals surface area contributed by atoms with E-state index in [0.717, 1.165) is 0 Å². The predicted octanol–water partition coefficient (Wildman–Crippen LogP) is 2.97. The van der Waals surface area contributed by atoms with Crippen LogP contribution in [0.15, 0.2) is 0 Å². The molecule has 1 aliphatic heterocycles. The minimum Gasteiger partial charge on any atom is -0.316 e. The zero-order valence-electron chi connectivity index (χ0n) is 10.9. The third-order valence-electron chi connectivity index (χ3n) is 3.57. The van der Waals surface area contributed by atoms with Gasteiger partial charge in [0, 0.05) is 6.04 Å². The van der Waals surface area contributed by atoms with Crippen molar-refractivity contribution < 1.29 is 0 Å². The Balaban J connectivity index is 2.64. The maximum Gasteiger partial charge on any atom is 0.0574 e. The second-order valence-corrected chi connectivity index (χ2v) is 5.97. The van der Waals surface area contributed by atoms with Gasteiger partial charge in [0.2, 0.25) is 0 Å². The molecule has 15 heavy (non-hydrogen) atoms. The van der Waals surface area contributed by atoms with Gasteiger partial charge < -0.3 is 5.73 Å². The first-order valence-electron chi connectivity index (χ1n) is 6.48. The maximum absolute atomic E-state index is 6.23. The Morgan fingerprint density at radius 1 is 1.27 bits per heavy atom. The number of nitrogens with zero attached hydrogens (tertiary/aromatic N) is 1. The molecule has 1 saturated heterocycles. The molecule has 2 nitrogen and oxygen atoms in total. The Bertz CT molecular complexity index is 183. The fraction of sp³-hybridized carbons (Fsp3) is 1.00. The first-order valence-corrected chi connectivity index (χ1v) is 6.48. The zero-order valence-corrected chi connectivity index (χ0v) is 10.9. The molecule has 0 aliphatic carbocycles. The van der Waals surface area contributed by atoms with Gasteiger partial charge in [0.05, 0.1) is 6.17 Å². The summed E-state index contributed by atoms with van der Waals surface area (Å²) in [4.78, 5) is 2.55. The summed E-state index contributed by atoms with van der Waals surface area (Å²) in [6.45, 7) is 10.5. The fourth-order valence-electron chi connectivity index (χ4n) is 2.68. The molecule has 1 aliphatic rings. The van der Waals surface area contributed by atoms with Gasteiger partial charge in [-0.05, 0) is 37.6 Å². The topological polar surface area (TPSA) is 29.3 Å². The number of likely N-dealkylation sites (tertiary alicyclic amines) is 1. The summed E-state index contributed by atoms with van der Waals surface area (Å²) in [5, 5.41) is 0. The van der Waals surface area contributed by atoms with Gasteiger partial charge in [0.1, 0.15) is 0 Å². The van der Waals surface area contributed by atoms with Crippen LogP contribution in [0.2, 0.25) is 0 Å². The molecule has 2 heteroatoms. The molecule has 2 atom stereocenters. The summed E-state index contributed by atoms with van der Waals surface area (Å²) in [5.41, 5.74) is 6.60. The highest BCUT2D eigenvalue weighted by Crippen LogP contribution is 2.33. The molecule has 2 unspecified atom stereocenters. The van der Waals surface area contributed by atoms with Crippen molar-refractivity contribution in [1.82, 2.24) is 4.90 Å². The lowest BCUT2D eigenvalue weighted by molar-refractivity contribution is 0.0203. The van der Waals surface area contributed by atoms with Gasteiger partial charge in [-0.25, -0.2) is 0 Å². The molecule has 1 heterocycles. The van der Waals surface area contributed by atoms with Crippen LogP contribution in [0.5, 0.6) is 0 Å². The van der Waals surface area contributed by atoms with Gasteiger partial charge in [-0.15, -0.1) is 0 Å². The van der Waals surface area contributed by atoms with Gasteiger partial charge in [0.15, 0.2) is 0 Å². The van der Waals surface area contributed by atoms with E-state index in [4.69, 9.17) is 5.73 Å². The molecular formula is C13H28N2. The third-order valence-corrected chi connectivity index (χ3v) is 3.57. The van der Waals surface area contributed by atoms with Crippen molar-refractivity contribution in [3.8, 4) is 0 Å². The second kappa shape index (κ2) is 5.31. The molecule has 90 valence electrons. The highest BCUT2D eigenvalue weighted by atomic mass is 15.3. The van der Waals surface area contributed by atoms with Crippen molar-refractivity contribution >= 4 is 0 Å². The molecule has 0 aromatic heterocycles. The number of nitrogens with two attached hydrogens (primary N) is 1. The number of rotatable bonds is 3. The van der Waals surface area contributed by atoms with E-state index < -0.39 is 0 Å². The largest absolute Gasteiger partial charge is 0.316 e. The number of piperidine rings is 1. The van der Waals surface area contributed by atoms with Crippen LogP contribution in [-0.4, -0.2) is 23.7 Å². The van der Waals surface area contributed by atoms with Crippen LogP contribution in [0.4, 0.5) is 0 Å². The summed E-state index contributed by atoms with van der Waals surface area (Å²) in [6.07, 6.45) is 6.64. The van der Waals surface area contributed by atoms with E-state index in [9.17, 15) is 0 Å². The molecule has 2 N–H and O–H groups in total. The average molecular weight is 212 g/mol. The Labute approximate surface area is 95.2 Å². The van der Waals surface area contributed by atoms with Gasteiger partial charge in [-0.1, -0.05) is 34.1 Å². The first kappa shape index (κ1) is 13.0. The van der Waals surface area contributed by atoms with Crippen molar-refractivity contribution in [1.29, 1.82) is 0 Å². The van der Waals surface area contributed by atoms with Crippen molar-refractivity contribution in [2.24, 2.45) is 11.1 Å². The van der Waals surface area contributed by atoms with Gasteiger partial charge in [-0.2, -0.15) is 0 Å². The number of hydrogen-bond acceptors (Lipinski definition) is 2. The lowest BCUT2D eigenvalue weighted by atomic mass is 9.80. The molecule has 1 fully saturated rings. The molecule has 0 aromatic rings. The zero-order chi connectivity index (χ0) is 11.5. The lowest BCUT2D eigenvalue weighted by Crippen LogP contribution is -2.55. The van der Waals surface area contributed by atoms with E-state index in [-0.39, 0.29) is 0 Å². The Hall–Kier alpha value is -0.0800. The summed E-state index contributed by atoms with van der Waals surface area (Å²) in [5.74, 6) is 0. The maximum atomic E-state index is 6.23. The van der Waals surface area contributed by atoms with Crippen LogP contribution in [0, 0.1) is 5.41 Å². The van der Waals surface area contributed by atoms with E-state index in [0.29, 0.717) is 17.6 Å². The number of unbranched alkanes of at least 4 members (excludes halogenated alkanes) is 1. The molecule has 0 saturated carbocycles. The van der Waals surface area contributed by atoms with Crippen LogP contribution in [0.25, 0.3) is 0 Å². The predicted molar refractivity (Wildman–Crippen MR) is 66.7 cm³/mol. The second-order valence-electron chi connectivity index (χ2n) is 5.97. The van der Waals surface area contributed by atoms with E-state index in [1.54, 1.807) is 0 Å². The van der Waals surface area contributed by atoms with E-state index in [1.165, 1.54) is 38.6 Å². The quantitative estimate of drug-likeness (QED) is 0.779. The van der Waals surface area contributed by atoms with Crippen molar-refractivity contribution in [2.45, 2.75) is 72.0 Å². The van der Waals surface area contributed by atoms with Gasteiger partial charge >= 0.3 is 0 Å². The van der Waals surface area contributed by atoms with Crippen LogP contribution in [0.3, 0.4) is 0 Å². The van der Waals surface area contributed by atoms with Gasteiger partial charge in [-0.3, -0.25) is 4.90 Å². The highest BCUT2D eigenvalue weighted by molar-refractivity contribution is 4.89. The van der Waals surface area contributed by atoms with E-state index in [2.05, 4.69) is 32.6 Å². The molecule has 0 radical (unpaired) electrons. The molecule has 0 spiro atoms. The van der Waals surface area contributed by atoms with Crippen LogP contribution in [-0.2, 0) is 0 Å². The summed E-state index contributed by atoms with van der Waals surface area (Å²) in [6, 6.07) is 0.674. The monoisotopic (exact) mass is 212 g/mol. The minimum atomic E-state index is 0.300. The molecule has 0 amide bonds. The SMILES string of the molecule is CCCCN1C(N)CCCC1C(C)(C)C. The van der Waals surface area contributed by atoms with Crippen molar-refractivity contribution in [3.63, 3.8) is 0 Å². The van der Waals surface area contributed by atoms with Crippen LogP contribution >= 0.6 is 0 Å². The molecule has 1 rings (SSSR count). The molecular weight excluding hydrogens is 184 g/mol. The minimum absolute atomic E-state index is 0.300. The highest BCUT2D eigenvalue weighted by Gasteiger charge is 2.35. The average Bonchev–Trinajstić information content (AvgIpc) is 2.14. The standard InChI is InChI=1S/C13H28N2/c1-5-6-10-15-11(13(2,3)4)8-7-9-12(15)14/h11-12H,5-10,14H2,1-4H3. The first-order chi connectivity index (χ1) is 6.96. The smallest absolute Gasteiger partial charge is 0.0574 e. The van der Waals surface area contributed by atoms with Crippen LogP contribution in [0.1, 0.15) is 59.8 Å². The Morgan fingerprint density at radius 2 is 1.93 bits per heavy atom. The number of hydrogen-bond donors (Lipinski definition) is 1. The van der Waals surface area contributed by atoms with E-state index in [1.807, 2.05) is 0 Å². The Kier molecular flexibility index (Phi) is 4.60. The van der Waals surface area contributed by atoms with E-state index >= 15 is 0 Å². The lowest BCUT2D eigenvalue weighted by Gasteiger charge is -2.46. The van der Waals surface area contributed by atoms with Crippen LogP contribution < -0.4 is 5.73 Å². The normalized spacial score (nSPS) is 29.4. The van der Waals surface area contributed by atoms with Crippen molar-refractivity contribution in [3.05, 3.63) is 0 Å². The van der Waals surface area contributed by atoms with Crippen molar-refractivity contribution in [2.75, 3.05) is 6.54 Å². The van der Waals surface area contributed by atoms with Gasteiger partial charge in [0.25, 0.3) is 0 Å². The third kappa shape index (κ3) is 3.46. The summed E-state index contributed by atoms with van der Waals surface area (Å²) in [7, 11) is 0. The fourth-order valence-corrected chi connectivity index (χ4v) is 2.68. The molecule has 0 aromatic carbocycles. The molecule has 0 bridgehead atoms. The summed E-state index contributed by atoms with van der Waals surface area (Å²) >= 11 is 0. The Morgan fingerprint density at radius 3 is 2.47 bits per heavy atom. The summed E-state index contributed by atoms with van der Waals surface area (Å²) < 4.78 is 0.